The largest absolute Gasteiger partial charge is 0.463 e. The Morgan fingerprint density at radius 1 is 1.08 bits per heavy atom. The zero-order chi connectivity index (χ0) is 9.84. The summed E-state index contributed by atoms with van der Waals surface area (Å²) in [6, 6.07) is 0. The molecule has 4 heteroatoms. The van der Waals surface area contributed by atoms with Crippen molar-refractivity contribution in [2.75, 3.05) is 13.2 Å². The van der Waals surface area contributed by atoms with Crippen LogP contribution < -0.4 is 0 Å². The molecule has 0 amide bonds. The molecule has 0 spiro atoms. The van der Waals surface area contributed by atoms with E-state index >= 15 is 0 Å². The van der Waals surface area contributed by atoms with Crippen LogP contribution in [0.3, 0.4) is 0 Å². The van der Waals surface area contributed by atoms with Gasteiger partial charge in [0.05, 0.1) is 24.4 Å². The fraction of sp³-hybridized carbons (Fsp3) is 0.556. The third-order valence-electron chi connectivity index (χ3n) is 1.64. The molecule has 0 saturated carbocycles. The summed E-state index contributed by atoms with van der Waals surface area (Å²) in [5.41, 5.74) is 0.917. The fourth-order valence-corrected chi connectivity index (χ4v) is 0.960. The first kappa shape index (κ1) is 9.77. The van der Waals surface area contributed by atoms with Crippen molar-refractivity contribution in [2.24, 2.45) is 0 Å². The van der Waals surface area contributed by atoms with Gasteiger partial charge in [-0.2, -0.15) is 0 Å². The van der Waals surface area contributed by atoms with Crippen LogP contribution in [0.25, 0.3) is 0 Å². The third-order valence-corrected chi connectivity index (χ3v) is 1.64. The van der Waals surface area contributed by atoms with Crippen molar-refractivity contribution < 1.29 is 19.1 Å². The van der Waals surface area contributed by atoms with Crippen molar-refractivity contribution in [1.29, 1.82) is 0 Å². The predicted octanol–water partition coefficient (Wildman–Crippen LogP) is 0.813. The quantitative estimate of drug-likeness (QED) is 0.607. The Kier molecular flexibility index (Phi) is 3.06. The van der Waals surface area contributed by atoms with Crippen molar-refractivity contribution in [1.82, 2.24) is 0 Å². The lowest BCUT2D eigenvalue weighted by Crippen LogP contribution is -2.03. The second-order valence-corrected chi connectivity index (χ2v) is 2.57. The average Bonchev–Trinajstić information content (AvgIpc) is 2.84. The topological polar surface area (TPSA) is 52.6 Å². The van der Waals surface area contributed by atoms with Crippen molar-refractivity contribution in [3.8, 4) is 0 Å². The Bertz CT molecular complexity index is 239. The van der Waals surface area contributed by atoms with Crippen LogP contribution in [-0.4, -0.2) is 25.2 Å². The lowest BCUT2D eigenvalue weighted by Gasteiger charge is -1.95. The first-order valence-corrected chi connectivity index (χ1v) is 4.27. The van der Waals surface area contributed by atoms with Crippen molar-refractivity contribution >= 4 is 11.9 Å². The molecule has 0 aliphatic heterocycles. The molecule has 1 aliphatic rings. The zero-order valence-corrected chi connectivity index (χ0v) is 7.75. The third kappa shape index (κ3) is 2.31. The summed E-state index contributed by atoms with van der Waals surface area (Å²) in [6.45, 7) is 4.12. The van der Waals surface area contributed by atoms with E-state index < -0.39 is 11.9 Å². The Hall–Kier alpha value is -1.32. The molecule has 0 radical (unpaired) electrons. The smallest absolute Gasteiger partial charge is 0.334 e. The van der Waals surface area contributed by atoms with Gasteiger partial charge in [-0.3, -0.25) is 0 Å². The van der Waals surface area contributed by atoms with Crippen molar-refractivity contribution in [3.63, 3.8) is 0 Å². The molecular weight excluding hydrogens is 172 g/mol. The predicted molar refractivity (Wildman–Crippen MR) is 44.9 cm³/mol. The SMILES string of the molecule is CCOC(=O)C1=C(C(=O)OCC)C1. The first-order valence-electron chi connectivity index (χ1n) is 4.27. The molecule has 0 atom stereocenters. The number of rotatable bonds is 4. The summed E-state index contributed by atoms with van der Waals surface area (Å²) in [7, 11) is 0. The fourth-order valence-electron chi connectivity index (χ4n) is 0.960. The maximum Gasteiger partial charge on any atom is 0.334 e. The summed E-state index contributed by atoms with van der Waals surface area (Å²) in [5, 5.41) is 0. The molecule has 0 heterocycles. The van der Waals surface area contributed by atoms with Gasteiger partial charge in [-0.15, -0.1) is 0 Å². The van der Waals surface area contributed by atoms with E-state index in [2.05, 4.69) is 0 Å². The van der Waals surface area contributed by atoms with E-state index in [9.17, 15) is 9.59 Å². The van der Waals surface area contributed by atoms with Crippen LogP contribution >= 0.6 is 0 Å². The lowest BCUT2D eigenvalue weighted by atomic mass is 10.5. The molecule has 13 heavy (non-hydrogen) atoms. The van der Waals surface area contributed by atoms with E-state index in [-0.39, 0.29) is 0 Å². The van der Waals surface area contributed by atoms with Gasteiger partial charge in [0.25, 0.3) is 0 Å². The van der Waals surface area contributed by atoms with Crippen LogP contribution in [0.1, 0.15) is 20.3 Å². The molecule has 0 N–H and O–H groups in total. The highest BCUT2D eigenvalue weighted by Gasteiger charge is 2.35. The van der Waals surface area contributed by atoms with E-state index in [4.69, 9.17) is 9.47 Å². The summed E-state index contributed by atoms with van der Waals surface area (Å²) in [4.78, 5) is 22.1. The zero-order valence-electron chi connectivity index (χ0n) is 7.75. The van der Waals surface area contributed by atoms with E-state index in [1.165, 1.54) is 0 Å². The molecule has 1 aliphatic carbocycles. The van der Waals surface area contributed by atoms with Gasteiger partial charge in [-0.1, -0.05) is 0 Å². The van der Waals surface area contributed by atoms with Crippen LogP contribution in [-0.2, 0) is 19.1 Å². The lowest BCUT2D eigenvalue weighted by molar-refractivity contribution is -0.140. The number of esters is 2. The van der Waals surface area contributed by atoms with Gasteiger partial charge in [-0.05, 0) is 13.8 Å². The summed E-state index contributed by atoms with van der Waals surface area (Å²) < 4.78 is 9.44. The Morgan fingerprint density at radius 2 is 1.46 bits per heavy atom. The minimum atomic E-state index is -0.398. The Labute approximate surface area is 76.5 Å². The molecule has 4 nitrogen and oxygen atoms in total. The van der Waals surface area contributed by atoms with E-state index in [0.29, 0.717) is 30.8 Å². The van der Waals surface area contributed by atoms with Gasteiger partial charge in [0.15, 0.2) is 0 Å². The highest BCUT2D eigenvalue weighted by molar-refractivity contribution is 6.08. The molecule has 0 unspecified atom stereocenters. The van der Waals surface area contributed by atoms with Crippen LogP contribution in [0, 0.1) is 0 Å². The molecule has 0 aromatic rings. The number of ether oxygens (including phenoxy) is 2. The minimum Gasteiger partial charge on any atom is -0.463 e. The van der Waals surface area contributed by atoms with E-state index in [0.717, 1.165) is 0 Å². The van der Waals surface area contributed by atoms with Crippen molar-refractivity contribution in [2.45, 2.75) is 20.3 Å². The monoisotopic (exact) mass is 184 g/mol. The summed E-state index contributed by atoms with van der Waals surface area (Å²) in [5.74, 6) is -0.795. The molecule has 0 aromatic heterocycles. The molecular formula is C9H12O4. The number of hydrogen-bond donors (Lipinski definition) is 0. The van der Waals surface area contributed by atoms with Gasteiger partial charge < -0.3 is 9.47 Å². The molecule has 0 bridgehead atoms. The maximum atomic E-state index is 11.0. The molecule has 72 valence electrons. The van der Waals surface area contributed by atoms with Gasteiger partial charge in [-0.25, -0.2) is 9.59 Å². The minimum absolute atomic E-state index is 0.332. The number of carbonyl (C=O) groups excluding carboxylic acids is 2. The standard InChI is InChI=1S/C9H12O4/c1-3-12-8(10)6-5-7(6)9(11)13-4-2/h3-5H2,1-2H3. The van der Waals surface area contributed by atoms with E-state index in [1.54, 1.807) is 13.8 Å². The maximum absolute atomic E-state index is 11.0. The highest BCUT2D eigenvalue weighted by Crippen LogP contribution is 2.32. The van der Waals surface area contributed by atoms with Crippen molar-refractivity contribution in [3.05, 3.63) is 11.1 Å². The summed E-state index contributed by atoms with van der Waals surface area (Å²) in [6.07, 6.45) is 0.414. The second-order valence-electron chi connectivity index (χ2n) is 2.57. The van der Waals surface area contributed by atoms with Gasteiger partial charge in [0, 0.05) is 6.42 Å². The molecule has 0 aromatic carbocycles. The highest BCUT2D eigenvalue weighted by atomic mass is 16.5. The number of hydrogen-bond acceptors (Lipinski definition) is 4. The average molecular weight is 184 g/mol. The molecule has 1 rings (SSSR count). The normalized spacial score (nSPS) is 14.0. The molecule has 0 fully saturated rings. The Morgan fingerprint density at radius 3 is 1.77 bits per heavy atom. The van der Waals surface area contributed by atoms with Gasteiger partial charge >= 0.3 is 11.9 Å². The summed E-state index contributed by atoms with van der Waals surface area (Å²) >= 11 is 0. The second kappa shape index (κ2) is 4.07. The van der Waals surface area contributed by atoms with Crippen LogP contribution in [0.4, 0.5) is 0 Å². The van der Waals surface area contributed by atoms with Gasteiger partial charge in [0.2, 0.25) is 0 Å². The Balaban J connectivity index is 2.48. The first-order chi connectivity index (χ1) is 6.20. The van der Waals surface area contributed by atoms with Crippen LogP contribution in [0.15, 0.2) is 11.1 Å². The van der Waals surface area contributed by atoms with Crippen LogP contribution in [0.5, 0.6) is 0 Å². The van der Waals surface area contributed by atoms with Gasteiger partial charge in [0.1, 0.15) is 0 Å². The van der Waals surface area contributed by atoms with E-state index in [1.807, 2.05) is 0 Å². The number of carbonyl (C=O) groups is 2. The molecule has 0 saturated heterocycles. The van der Waals surface area contributed by atoms with Crippen LogP contribution in [0.2, 0.25) is 0 Å².